The van der Waals surface area contributed by atoms with Gasteiger partial charge in [-0.2, -0.15) is 0 Å². The fourth-order valence-corrected chi connectivity index (χ4v) is 2.28. The van der Waals surface area contributed by atoms with Crippen molar-refractivity contribution in [3.8, 4) is 0 Å². The van der Waals surface area contributed by atoms with Crippen molar-refractivity contribution in [2.24, 2.45) is 5.92 Å². The van der Waals surface area contributed by atoms with Gasteiger partial charge in [0.2, 0.25) is 5.67 Å². The highest BCUT2D eigenvalue weighted by atomic mass is 19.1. The van der Waals surface area contributed by atoms with Crippen molar-refractivity contribution < 1.29 is 23.5 Å². The third-order valence-electron chi connectivity index (χ3n) is 4.14. The Kier molecular flexibility index (Phi) is 7.68. The van der Waals surface area contributed by atoms with E-state index in [1.54, 1.807) is 6.92 Å². The summed E-state index contributed by atoms with van der Waals surface area (Å²) in [5, 5.41) is 0. The average molecular weight is 302 g/mol. The number of esters is 2. The van der Waals surface area contributed by atoms with Gasteiger partial charge in [-0.15, -0.1) is 0 Å². The Bertz CT molecular complexity index is 341. The fraction of sp³-hybridized carbons (Fsp3) is 0.875. The Morgan fingerprint density at radius 2 is 1.52 bits per heavy atom. The van der Waals surface area contributed by atoms with Gasteiger partial charge in [0.25, 0.3) is 0 Å². The summed E-state index contributed by atoms with van der Waals surface area (Å²) < 4.78 is 24.6. The molecule has 1 aliphatic heterocycles. The molecule has 0 aromatic carbocycles. The van der Waals surface area contributed by atoms with Crippen molar-refractivity contribution in [3.05, 3.63) is 0 Å². The lowest BCUT2D eigenvalue weighted by Gasteiger charge is -2.25. The first kappa shape index (κ1) is 17.9. The average Bonchev–Trinajstić information content (AvgIpc) is 2.45. The lowest BCUT2D eigenvalue weighted by atomic mass is 9.88. The molecule has 5 heteroatoms. The van der Waals surface area contributed by atoms with Gasteiger partial charge >= 0.3 is 11.9 Å². The Balaban J connectivity index is 2.56. The van der Waals surface area contributed by atoms with E-state index in [0.717, 1.165) is 38.5 Å². The number of halogens is 1. The van der Waals surface area contributed by atoms with Crippen molar-refractivity contribution in [2.45, 2.75) is 70.9 Å². The van der Waals surface area contributed by atoms with Crippen LogP contribution in [0.2, 0.25) is 0 Å². The summed E-state index contributed by atoms with van der Waals surface area (Å²) in [6, 6.07) is 0. The number of alkyl halides is 1. The molecule has 0 radical (unpaired) electrons. The van der Waals surface area contributed by atoms with E-state index in [1.165, 1.54) is 6.92 Å². The van der Waals surface area contributed by atoms with Crippen LogP contribution >= 0.6 is 0 Å². The molecule has 1 heterocycles. The van der Waals surface area contributed by atoms with Gasteiger partial charge in [-0.1, -0.05) is 32.6 Å². The maximum Gasteiger partial charge on any atom is 0.343 e. The summed E-state index contributed by atoms with van der Waals surface area (Å²) in [5.74, 6) is -1.72. The van der Waals surface area contributed by atoms with Crippen LogP contribution < -0.4 is 0 Å². The van der Waals surface area contributed by atoms with Crippen LogP contribution in [0, 0.1) is 5.92 Å². The van der Waals surface area contributed by atoms with Gasteiger partial charge in [0.05, 0.1) is 13.2 Å². The van der Waals surface area contributed by atoms with Gasteiger partial charge in [0.15, 0.2) is 0 Å². The SMILES string of the molecule is CC1CCC(=O)OCCCCCCCCOC(=O)C1(C)F. The predicted octanol–water partition coefficient (Wildman–Crippen LogP) is 3.57. The van der Waals surface area contributed by atoms with Crippen LogP contribution in [0.15, 0.2) is 0 Å². The molecule has 0 aliphatic carbocycles. The molecule has 0 spiro atoms. The Hall–Kier alpha value is -1.13. The lowest BCUT2D eigenvalue weighted by Crippen LogP contribution is -2.39. The first-order chi connectivity index (χ1) is 9.94. The van der Waals surface area contributed by atoms with Gasteiger partial charge in [-0.25, -0.2) is 9.18 Å². The highest BCUT2D eigenvalue weighted by Gasteiger charge is 2.40. The molecular formula is C16H27FO4. The molecule has 0 aromatic heterocycles. The molecule has 122 valence electrons. The summed E-state index contributed by atoms with van der Waals surface area (Å²) in [7, 11) is 0. The summed E-state index contributed by atoms with van der Waals surface area (Å²) in [5.41, 5.74) is -2.06. The predicted molar refractivity (Wildman–Crippen MR) is 77.5 cm³/mol. The van der Waals surface area contributed by atoms with Gasteiger partial charge in [0.1, 0.15) is 0 Å². The second-order valence-corrected chi connectivity index (χ2v) is 5.99. The van der Waals surface area contributed by atoms with E-state index in [2.05, 4.69) is 0 Å². The minimum atomic E-state index is -2.06. The molecule has 0 saturated carbocycles. The molecule has 1 rings (SSSR count). The Morgan fingerprint density at radius 1 is 1.00 bits per heavy atom. The third-order valence-corrected chi connectivity index (χ3v) is 4.14. The molecular weight excluding hydrogens is 275 g/mol. The van der Waals surface area contributed by atoms with Crippen LogP contribution in [-0.4, -0.2) is 30.8 Å². The van der Waals surface area contributed by atoms with Crippen LogP contribution in [0.5, 0.6) is 0 Å². The van der Waals surface area contributed by atoms with Gasteiger partial charge in [-0.3, -0.25) is 4.79 Å². The van der Waals surface area contributed by atoms with Crippen molar-refractivity contribution in [3.63, 3.8) is 0 Å². The second-order valence-electron chi connectivity index (χ2n) is 5.99. The van der Waals surface area contributed by atoms with Crippen molar-refractivity contribution in [1.29, 1.82) is 0 Å². The number of carbonyl (C=O) groups excluding carboxylic acids is 2. The maximum atomic E-state index is 14.5. The smallest absolute Gasteiger partial charge is 0.343 e. The number of rotatable bonds is 0. The van der Waals surface area contributed by atoms with E-state index in [4.69, 9.17) is 9.47 Å². The lowest BCUT2D eigenvalue weighted by molar-refractivity contribution is -0.161. The highest BCUT2D eigenvalue weighted by molar-refractivity contribution is 5.79. The Morgan fingerprint density at radius 3 is 2.14 bits per heavy atom. The van der Waals surface area contributed by atoms with E-state index < -0.39 is 17.6 Å². The van der Waals surface area contributed by atoms with E-state index in [-0.39, 0.29) is 25.4 Å². The molecule has 1 saturated heterocycles. The molecule has 0 bridgehead atoms. The van der Waals surface area contributed by atoms with Gasteiger partial charge in [-0.05, 0) is 26.2 Å². The second kappa shape index (κ2) is 9.00. The number of hydrogen-bond donors (Lipinski definition) is 0. The molecule has 0 amide bonds. The largest absolute Gasteiger partial charge is 0.466 e. The summed E-state index contributed by atoms with van der Waals surface area (Å²) >= 11 is 0. The zero-order valence-electron chi connectivity index (χ0n) is 13.2. The third kappa shape index (κ3) is 6.44. The normalized spacial score (nSPS) is 31.3. The van der Waals surface area contributed by atoms with E-state index in [1.807, 2.05) is 0 Å². The standard InChI is InChI=1S/C16H27FO4/c1-13-9-10-14(18)20-11-7-5-3-4-6-8-12-21-15(19)16(13,2)17/h13H,3-12H2,1-2H3. The molecule has 1 fully saturated rings. The van der Waals surface area contributed by atoms with Crippen LogP contribution in [0.25, 0.3) is 0 Å². The number of ether oxygens (including phenoxy) is 2. The fourth-order valence-electron chi connectivity index (χ4n) is 2.28. The Labute approximate surface area is 126 Å². The van der Waals surface area contributed by atoms with E-state index in [9.17, 15) is 14.0 Å². The number of hydrogen-bond acceptors (Lipinski definition) is 4. The zero-order chi connectivity index (χ0) is 15.7. The van der Waals surface area contributed by atoms with E-state index >= 15 is 0 Å². The summed E-state index contributed by atoms with van der Waals surface area (Å²) in [4.78, 5) is 23.4. The van der Waals surface area contributed by atoms with Crippen LogP contribution in [0.4, 0.5) is 4.39 Å². The first-order valence-corrected chi connectivity index (χ1v) is 7.96. The first-order valence-electron chi connectivity index (χ1n) is 7.96. The highest BCUT2D eigenvalue weighted by Crippen LogP contribution is 2.28. The molecule has 21 heavy (non-hydrogen) atoms. The topological polar surface area (TPSA) is 52.6 Å². The maximum absolute atomic E-state index is 14.5. The number of carbonyl (C=O) groups is 2. The molecule has 2 atom stereocenters. The molecule has 2 unspecified atom stereocenters. The van der Waals surface area contributed by atoms with Gasteiger partial charge < -0.3 is 9.47 Å². The van der Waals surface area contributed by atoms with Crippen LogP contribution in [-0.2, 0) is 19.1 Å². The monoisotopic (exact) mass is 302 g/mol. The van der Waals surface area contributed by atoms with Gasteiger partial charge in [0, 0.05) is 12.3 Å². The van der Waals surface area contributed by atoms with E-state index in [0.29, 0.717) is 6.61 Å². The molecule has 4 nitrogen and oxygen atoms in total. The minimum Gasteiger partial charge on any atom is -0.466 e. The molecule has 0 aromatic rings. The van der Waals surface area contributed by atoms with Crippen molar-refractivity contribution in [2.75, 3.05) is 13.2 Å². The van der Waals surface area contributed by atoms with Crippen LogP contribution in [0.1, 0.15) is 65.2 Å². The summed E-state index contributed by atoms with van der Waals surface area (Å²) in [6.07, 6.45) is 6.17. The van der Waals surface area contributed by atoms with Crippen LogP contribution in [0.3, 0.4) is 0 Å². The van der Waals surface area contributed by atoms with Crippen molar-refractivity contribution in [1.82, 2.24) is 0 Å². The quantitative estimate of drug-likeness (QED) is 0.642. The zero-order valence-corrected chi connectivity index (χ0v) is 13.2. The molecule has 0 N–H and O–H groups in total. The summed E-state index contributed by atoms with van der Waals surface area (Å²) in [6.45, 7) is 3.56. The molecule has 1 aliphatic rings. The number of cyclic esters (lactones) is 2. The van der Waals surface area contributed by atoms with Crippen molar-refractivity contribution >= 4 is 11.9 Å². The minimum absolute atomic E-state index is 0.133.